The summed E-state index contributed by atoms with van der Waals surface area (Å²) < 4.78 is 15.8. The minimum absolute atomic E-state index is 0.0259. The quantitative estimate of drug-likeness (QED) is 0.0940. The fraction of sp³-hybridized carbons (Fsp3) is 0.958. The highest BCUT2D eigenvalue weighted by Gasteiger charge is 2.31. The van der Waals surface area contributed by atoms with E-state index < -0.39 is 24.9 Å². The second-order valence-corrected chi connectivity index (χ2v) is 12.5. The van der Waals surface area contributed by atoms with Crippen molar-refractivity contribution in [3.8, 4) is 0 Å². The Kier molecular flexibility index (Phi) is 18.8. The lowest BCUT2D eigenvalue weighted by Crippen LogP contribution is -2.35. The molecule has 5 N–H and O–H groups in total. The van der Waals surface area contributed by atoms with Crippen LogP contribution in [0.5, 0.6) is 0 Å². The number of unbranched alkanes of at least 4 members (excludes halogenated alkanes) is 12. The first-order chi connectivity index (χ1) is 16.7. The fourth-order valence-corrected chi connectivity index (χ4v) is 5.17. The lowest BCUT2D eigenvalue weighted by Gasteiger charge is -2.21. The van der Waals surface area contributed by atoms with E-state index >= 15 is 0 Å². The molecule has 0 aliphatic carbocycles. The smallest absolute Gasteiger partial charge is 0.324 e. The molecule has 0 aromatic rings. The molecule has 1 aliphatic rings. The van der Waals surface area contributed by atoms with E-state index in [-0.39, 0.29) is 31.7 Å². The van der Waals surface area contributed by atoms with Gasteiger partial charge in [0.15, 0.2) is 0 Å². The van der Waals surface area contributed by atoms with Crippen molar-refractivity contribution in [1.29, 1.82) is 0 Å². The molecule has 1 saturated heterocycles. The number of rotatable bonds is 22. The van der Waals surface area contributed by atoms with Crippen LogP contribution in [-0.2, 0) is 30.4 Å². The molecule has 1 heterocycles. The largest absolute Gasteiger partial charge is 0.389 e. The summed E-state index contributed by atoms with van der Waals surface area (Å²) in [6, 6.07) is -0.753. The zero-order valence-electron chi connectivity index (χ0n) is 21.6. The molecule has 0 spiro atoms. The van der Waals surface area contributed by atoms with E-state index in [1.54, 1.807) is 0 Å². The van der Waals surface area contributed by atoms with Crippen LogP contribution in [0, 0.1) is 0 Å². The zero-order chi connectivity index (χ0) is 25.9. The van der Waals surface area contributed by atoms with Crippen molar-refractivity contribution in [2.24, 2.45) is 5.73 Å². The summed E-state index contributed by atoms with van der Waals surface area (Å²) in [5.74, 6) is -0.101. The van der Waals surface area contributed by atoms with E-state index in [0.29, 0.717) is 12.8 Å². The Morgan fingerprint density at radius 2 is 1.63 bits per heavy atom. The third-order valence-electron chi connectivity index (χ3n) is 6.21. The van der Waals surface area contributed by atoms with Crippen molar-refractivity contribution in [3.63, 3.8) is 0 Å². The topological polar surface area (TPSA) is 123 Å². The molecule has 11 heteroatoms. The maximum Gasteiger partial charge on any atom is 0.324 e. The molecule has 3 unspecified atom stereocenters. The number of aliphatic hydroxyl groups is 1. The van der Waals surface area contributed by atoms with Gasteiger partial charge in [-0.1, -0.05) is 84.0 Å². The van der Waals surface area contributed by atoms with Crippen LogP contribution in [0.4, 0.5) is 0 Å². The Labute approximate surface area is 219 Å². The maximum atomic E-state index is 12.0. The molecule has 1 fully saturated rings. The van der Waals surface area contributed by atoms with Gasteiger partial charge in [0.1, 0.15) is 7.85 Å². The lowest BCUT2D eigenvalue weighted by molar-refractivity contribution is -0.121. The van der Waals surface area contributed by atoms with E-state index in [9.17, 15) is 14.8 Å². The lowest BCUT2D eigenvalue weighted by atomic mass is 9.95. The molecule has 204 valence electrons. The van der Waals surface area contributed by atoms with Gasteiger partial charge < -0.3 is 34.8 Å². The number of aliphatic hydroxyl groups excluding tert-OH is 1. The first kappa shape index (κ1) is 33.0. The summed E-state index contributed by atoms with van der Waals surface area (Å²) in [6.45, 7) is -1.56. The van der Waals surface area contributed by atoms with E-state index in [4.69, 9.17) is 39.2 Å². The minimum atomic E-state index is -3.55. The normalized spacial score (nSPS) is 22.7. The molecule has 0 saturated carbocycles. The predicted octanol–water partition coefficient (Wildman–Crippen LogP) is 3.81. The Balaban J connectivity index is 1.95. The van der Waals surface area contributed by atoms with Crippen LogP contribution >= 0.6 is 6.72 Å². The standard InChI is InChI=1S/C24H48BN2O6PS/c1-2-3-4-5-6-7-8-9-10-11-12-13-14-15-24(29)27-17-20(28)18-31-34(30,35)32-19-22-21(26)16-23(25)33-22/h20-23,28H,2-19,26H2,1H3,(H,27,29)(H,30,35)/t20?,21?,22-,23-,34?/m1/s1. The second kappa shape index (κ2) is 20.0. The third kappa shape index (κ3) is 17.9. The van der Waals surface area contributed by atoms with Crippen LogP contribution in [0.15, 0.2) is 0 Å². The maximum absolute atomic E-state index is 12.0. The van der Waals surface area contributed by atoms with Crippen LogP contribution in [0.2, 0.25) is 0 Å². The van der Waals surface area contributed by atoms with Crippen molar-refractivity contribution in [1.82, 2.24) is 5.32 Å². The van der Waals surface area contributed by atoms with Gasteiger partial charge in [-0.2, -0.15) is 0 Å². The SMILES string of the molecule is [B][C@H]1CC(N)[C@@H](COP(O)(=S)OCC(O)CNC(=O)CCCCCCCCCCCCCCC)O1. The molecule has 1 rings (SSSR count). The third-order valence-corrected chi connectivity index (χ3v) is 7.79. The molecule has 0 aromatic carbocycles. The van der Waals surface area contributed by atoms with Gasteiger partial charge in [-0.15, -0.1) is 0 Å². The van der Waals surface area contributed by atoms with Gasteiger partial charge in [-0.3, -0.25) is 4.79 Å². The van der Waals surface area contributed by atoms with Crippen molar-refractivity contribution >= 4 is 32.3 Å². The minimum Gasteiger partial charge on any atom is -0.389 e. The predicted molar refractivity (Wildman–Crippen MR) is 145 cm³/mol. The summed E-state index contributed by atoms with van der Waals surface area (Å²) in [5.41, 5.74) is 5.88. The van der Waals surface area contributed by atoms with Gasteiger partial charge in [-0.25, -0.2) is 0 Å². The molecular formula is C24H48BN2O6PS. The van der Waals surface area contributed by atoms with E-state index in [2.05, 4.69) is 12.2 Å². The van der Waals surface area contributed by atoms with Crippen molar-refractivity contribution < 1.29 is 28.6 Å². The van der Waals surface area contributed by atoms with Crippen LogP contribution in [0.25, 0.3) is 0 Å². The number of nitrogens with one attached hydrogen (secondary N) is 1. The van der Waals surface area contributed by atoms with Gasteiger partial charge in [0.2, 0.25) is 5.91 Å². The van der Waals surface area contributed by atoms with Gasteiger partial charge in [0, 0.05) is 25.0 Å². The van der Waals surface area contributed by atoms with Gasteiger partial charge in [-0.05, 0) is 24.6 Å². The molecule has 1 amide bonds. The fourth-order valence-electron chi connectivity index (χ4n) is 4.03. The Bertz CT molecular complexity index is 606. The Hall–Kier alpha value is -0.0551. The van der Waals surface area contributed by atoms with E-state index in [1.807, 2.05) is 0 Å². The summed E-state index contributed by atoms with van der Waals surface area (Å²) in [5, 5.41) is 12.7. The molecule has 35 heavy (non-hydrogen) atoms. The van der Waals surface area contributed by atoms with Crippen molar-refractivity contribution in [2.75, 3.05) is 19.8 Å². The van der Waals surface area contributed by atoms with Gasteiger partial charge >= 0.3 is 6.72 Å². The first-order valence-corrected chi connectivity index (χ1v) is 16.1. The van der Waals surface area contributed by atoms with E-state index in [0.717, 1.165) is 19.3 Å². The van der Waals surface area contributed by atoms with Crippen LogP contribution < -0.4 is 11.1 Å². The molecule has 0 bridgehead atoms. The number of nitrogens with two attached hydrogens (primary N) is 1. The summed E-state index contributed by atoms with van der Waals surface area (Å²) in [4.78, 5) is 22.1. The molecule has 1 aliphatic heterocycles. The zero-order valence-corrected chi connectivity index (χ0v) is 23.3. The monoisotopic (exact) mass is 534 g/mol. The average Bonchev–Trinajstić information content (AvgIpc) is 3.15. The number of carbonyl (C=O) groups is 1. The highest BCUT2D eigenvalue weighted by molar-refractivity contribution is 8.07. The summed E-state index contributed by atoms with van der Waals surface area (Å²) >= 11 is 4.94. The first-order valence-electron chi connectivity index (χ1n) is 13.5. The van der Waals surface area contributed by atoms with Crippen LogP contribution in [0.3, 0.4) is 0 Å². The molecule has 8 nitrogen and oxygen atoms in total. The molecular weight excluding hydrogens is 486 g/mol. The number of hydrogen-bond donors (Lipinski definition) is 4. The van der Waals surface area contributed by atoms with Crippen molar-refractivity contribution in [2.45, 2.75) is 127 Å². The van der Waals surface area contributed by atoms with Crippen molar-refractivity contribution in [3.05, 3.63) is 0 Å². The Morgan fingerprint density at radius 3 is 2.14 bits per heavy atom. The highest BCUT2D eigenvalue weighted by atomic mass is 32.5. The molecule has 0 aromatic heterocycles. The molecule has 2 radical (unpaired) electrons. The van der Waals surface area contributed by atoms with Crippen LogP contribution in [0.1, 0.15) is 103 Å². The summed E-state index contributed by atoms with van der Waals surface area (Å²) in [7, 11) is 5.66. The molecule has 5 atom stereocenters. The summed E-state index contributed by atoms with van der Waals surface area (Å²) in [6.07, 6.45) is 15.9. The van der Waals surface area contributed by atoms with Gasteiger partial charge in [0.05, 0.1) is 25.4 Å². The Morgan fingerprint density at radius 1 is 1.09 bits per heavy atom. The second-order valence-electron chi connectivity index (χ2n) is 9.62. The van der Waals surface area contributed by atoms with Crippen LogP contribution in [-0.4, -0.2) is 67.8 Å². The average molecular weight is 535 g/mol. The van der Waals surface area contributed by atoms with E-state index in [1.165, 1.54) is 64.2 Å². The number of carbonyl (C=O) groups excluding carboxylic acids is 1. The van der Waals surface area contributed by atoms with Gasteiger partial charge in [0.25, 0.3) is 0 Å². The highest BCUT2D eigenvalue weighted by Crippen LogP contribution is 2.44. The number of ether oxygens (including phenoxy) is 1. The number of hydrogen-bond acceptors (Lipinski definition) is 7. The number of amides is 1.